The van der Waals surface area contributed by atoms with Crippen molar-refractivity contribution in [1.82, 2.24) is 9.97 Å². The second kappa shape index (κ2) is 8.24. The van der Waals surface area contributed by atoms with E-state index in [1.54, 1.807) is 0 Å². The molecular formula is C22H16F4N4O3. The summed E-state index contributed by atoms with van der Waals surface area (Å²) < 4.78 is 53.1. The molecule has 0 saturated heterocycles. The lowest BCUT2D eigenvalue weighted by Crippen LogP contribution is -2.40. The fraction of sp³-hybridized carbons (Fsp3) is 0.182. The number of benzene rings is 1. The second-order valence-electron chi connectivity index (χ2n) is 7.33. The monoisotopic (exact) mass is 460 g/mol. The van der Waals surface area contributed by atoms with Gasteiger partial charge < -0.3 is 10.4 Å². The summed E-state index contributed by atoms with van der Waals surface area (Å²) in [4.78, 5) is 34.4. The smallest absolute Gasteiger partial charge is 0.377 e. The summed E-state index contributed by atoms with van der Waals surface area (Å²) >= 11 is 0. The number of amides is 2. The fourth-order valence-electron chi connectivity index (χ4n) is 3.56. The minimum Gasteiger partial charge on any atom is -0.377 e. The second-order valence-corrected chi connectivity index (χ2v) is 7.33. The summed E-state index contributed by atoms with van der Waals surface area (Å²) in [6.45, 7) is 0.862. The minimum atomic E-state index is -4.53. The average Bonchev–Trinajstić information content (AvgIpc) is 2.83. The number of halogens is 4. The molecule has 33 heavy (non-hydrogen) atoms. The number of aryl methyl sites for hydroxylation is 1. The number of nitrogens with zero attached hydrogens (tertiary/aromatic N) is 3. The molecule has 2 N–H and O–H groups in total. The van der Waals surface area contributed by atoms with Crippen molar-refractivity contribution >= 4 is 23.2 Å². The van der Waals surface area contributed by atoms with Crippen LogP contribution < -0.4 is 10.2 Å². The average molecular weight is 460 g/mol. The van der Waals surface area contributed by atoms with Crippen molar-refractivity contribution < 1.29 is 32.3 Å². The number of nitrogens with one attached hydrogen (secondary N) is 1. The molecule has 0 aliphatic carbocycles. The molecular weight excluding hydrogens is 444 g/mol. The molecule has 170 valence electrons. The third-order valence-electron chi connectivity index (χ3n) is 5.04. The summed E-state index contributed by atoms with van der Waals surface area (Å²) in [5.74, 6) is -2.59. The van der Waals surface area contributed by atoms with Gasteiger partial charge in [-0.1, -0.05) is 6.07 Å². The highest BCUT2D eigenvalue weighted by atomic mass is 19.4. The van der Waals surface area contributed by atoms with Crippen LogP contribution in [0.5, 0.6) is 0 Å². The fourth-order valence-corrected chi connectivity index (χ4v) is 3.56. The van der Waals surface area contributed by atoms with Crippen LogP contribution in [0.1, 0.15) is 23.1 Å². The SMILES string of the molecule is Cc1cc2c(c(F)n1)-c1cccnc1C(O)C(=O)N2CC(=O)Nc1ccc(C(F)(F)F)cc1. The van der Waals surface area contributed by atoms with Gasteiger partial charge in [0, 0.05) is 23.1 Å². The van der Waals surface area contributed by atoms with E-state index in [2.05, 4.69) is 15.3 Å². The third-order valence-corrected chi connectivity index (χ3v) is 5.04. The Bertz CT molecular complexity index is 1250. The number of carbonyl (C=O) groups is 2. The number of hydrogen-bond acceptors (Lipinski definition) is 5. The van der Waals surface area contributed by atoms with E-state index in [0.29, 0.717) is 0 Å². The third kappa shape index (κ3) is 4.27. The maximum Gasteiger partial charge on any atom is 0.416 e. The van der Waals surface area contributed by atoms with Gasteiger partial charge in [-0.05, 0) is 43.3 Å². The Morgan fingerprint density at radius 1 is 1.21 bits per heavy atom. The Kier molecular flexibility index (Phi) is 5.58. The van der Waals surface area contributed by atoms with Gasteiger partial charge in [0.25, 0.3) is 5.91 Å². The first-order valence-corrected chi connectivity index (χ1v) is 9.65. The number of carbonyl (C=O) groups excluding carboxylic acids is 2. The van der Waals surface area contributed by atoms with Crippen LogP contribution in [0, 0.1) is 12.9 Å². The van der Waals surface area contributed by atoms with Gasteiger partial charge >= 0.3 is 6.18 Å². The van der Waals surface area contributed by atoms with Gasteiger partial charge in [-0.2, -0.15) is 17.6 Å². The van der Waals surface area contributed by atoms with Crippen molar-refractivity contribution in [2.75, 3.05) is 16.8 Å². The Morgan fingerprint density at radius 2 is 1.91 bits per heavy atom. The lowest BCUT2D eigenvalue weighted by molar-refractivity contribution is -0.137. The predicted octanol–water partition coefficient (Wildman–Crippen LogP) is 3.63. The summed E-state index contributed by atoms with van der Waals surface area (Å²) in [5, 5.41) is 13.0. The maximum absolute atomic E-state index is 14.9. The molecule has 7 nitrogen and oxygen atoms in total. The summed E-state index contributed by atoms with van der Waals surface area (Å²) in [6, 6.07) is 8.13. The Morgan fingerprint density at radius 3 is 2.58 bits per heavy atom. The van der Waals surface area contributed by atoms with Crippen LogP contribution in [-0.4, -0.2) is 33.4 Å². The molecule has 0 bridgehead atoms. The molecule has 11 heteroatoms. The van der Waals surface area contributed by atoms with E-state index in [0.717, 1.165) is 29.2 Å². The lowest BCUT2D eigenvalue weighted by Gasteiger charge is -2.24. The molecule has 1 atom stereocenters. The number of pyridine rings is 2. The molecule has 0 radical (unpaired) electrons. The van der Waals surface area contributed by atoms with Crippen molar-refractivity contribution in [1.29, 1.82) is 0 Å². The van der Waals surface area contributed by atoms with Gasteiger partial charge in [-0.15, -0.1) is 0 Å². The number of anilines is 2. The topological polar surface area (TPSA) is 95.4 Å². The van der Waals surface area contributed by atoms with E-state index in [1.807, 2.05) is 0 Å². The highest BCUT2D eigenvalue weighted by molar-refractivity contribution is 6.08. The molecule has 1 aliphatic heterocycles. The van der Waals surface area contributed by atoms with Gasteiger partial charge in [0.1, 0.15) is 6.54 Å². The summed E-state index contributed by atoms with van der Waals surface area (Å²) in [7, 11) is 0. The summed E-state index contributed by atoms with van der Waals surface area (Å²) in [5.41, 5.74) is -0.603. The molecule has 0 fully saturated rings. The van der Waals surface area contributed by atoms with Crippen LogP contribution in [0.4, 0.5) is 28.9 Å². The number of rotatable bonds is 3. The van der Waals surface area contributed by atoms with Crippen molar-refractivity contribution in [2.24, 2.45) is 0 Å². The number of alkyl halides is 3. The van der Waals surface area contributed by atoms with Crippen molar-refractivity contribution in [3.05, 3.63) is 71.6 Å². The van der Waals surface area contributed by atoms with E-state index in [4.69, 9.17) is 0 Å². The first-order chi connectivity index (χ1) is 15.6. The van der Waals surface area contributed by atoms with Crippen LogP contribution >= 0.6 is 0 Å². The normalized spacial score (nSPS) is 15.5. The number of aliphatic hydroxyl groups excluding tert-OH is 1. The summed E-state index contributed by atoms with van der Waals surface area (Å²) in [6.07, 6.45) is -4.96. The van der Waals surface area contributed by atoms with Gasteiger partial charge in [0.05, 0.1) is 22.5 Å². The standard InChI is InChI=1S/C22H16F4N4O3/c1-11-9-15-17(20(23)28-11)14-3-2-8-27-18(14)19(32)21(33)30(15)10-16(31)29-13-6-4-12(5-7-13)22(24,25)26/h2-9,19,32H,10H2,1H3,(H,29,31). The van der Waals surface area contributed by atoms with Gasteiger partial charge in [-0.3, -0.25) is 19.5 Å². The zero-order valence-corrected chi connectivity index (χ0v) is 17.0. The molecule has 2 amide bonds. The van der Waals surface area contributed by atoms with Crippen LogP contribution in [-0.2, 0) is 15.8 Å². The zero-order chi connectivity index (χ0) is 23.9. The largest absolute Gasteiger partial charge is 0.416 e. The van der Waals surface area contributed by atoms with Crippen molar-refractivity contribution in [2.45, 2.75) is 19.2 Å². The van der Waals surface area contributed by atoms with E-state index < -0.39 is 42.2 Å². The van der Waals surface area contributed by atoms with E-state index >= 15 is 0 Å². The Hall–Kier alpha value is -3.86. The zero-order valence-electron chi connectivity index (χ0n) is 17.0. The van der Waals surface area contributed by atoms with E-state index in [1.165, 1.54) is 31.3 Å². The number of aliphatic hydroxyl groups is 1. The predicted molar refractivity (Wildman–Crippen MR) is 110 cm³/mol. The van der Waals surface area contributed by atoms with Gasteiger partial charge in [0.2, 0.25) is 11.9 Å². The first kappa shape index (κ1) is 22.3. The number of aromatic nitrogens is 2. The molecule has 3 heterocycles. The molecule has 0 spiro atoms. The molecule has 4 rings (SSSR count). The van der Waals surface area contributed by atoms with Crippen molar-refractivity contribution in [3.63, 3.8) is 0 Å². The van der Waals surface area contributed by atoms with Crippen LogP contribution in [0.3, 0.4) is 0 Å². The molecule has 0 saturated carbocycles. The maximum atomic E-state index is 14.9. The molecule has 3 aromatic rings. The van der Waals surface area contributed by atoms with Crippen LogP contribution in [0.15, 0.2) is 48.7 Å². The van der Waals surface area contributed by atoms with Gasteiger partial charge in [0.15, 0.2) is 6.10 Å². The van der Waals surface area contributed by atoms with Crippen LogP contribution in [0.25, 0.3) is 11.1 Å². The number of fused-ring (bicyclic) bond motifs is 3. The minimum absolute atomic E-state index is 0.0124. The van der Waals surface area contributed by atoms with Gasteiger partial charge in [-0.25, -0.2) is 4.98 Å². The molecule has 1 unspecified atom stereocenters. The highest BCUT2D eigenvalue weighted by Gasteiger charge is 2.37. The number of hydrogen-bond donors (Lipinski definition) is 2. The van der Waals surface area contributed by atoms with E-state index in [9.17, 15) is 32.3 Å². The Balaban J connectivity index is 1.68. The molecule has 1 aliphatic rings. The van der Waals surface area contributed by atoms with E-state index in [-0.39, 0.29) is 33.9 Å². The lowest BCUT2D eigenvalue weighted by atomic mass is 10.0. The molecule has 2 aromatic heterocycles. The Labute approximate surface area is 184 Å². The van der Waals surface area contributed by atoms with Crippen LogP contribution in [0.2, 0.25) is 0 Å². The quantitative estimate of drug-likeness (QED) is 0.460. The first-order valence-electron chi connectivity index (χ1n) is 9.65. The highest BCUT2D eigenvalue weighted by Crippen LogP contribution is 2.40. The van der Waals surface area contributed by atoms with Crippen molar-refractivity contribution in [3.8, 4) is 11.1 Å². The molecule has 1 aromatic carbocycles.